The van der Waals surface area contributed by atoms with E-state index in [9.17, 15) is 4.79 Å². The number of carbonyl (C=O) groups is 1. The number of anilines is 1. The number of imidazole rings is 1. The van der Waals surface area contributed by atoms with E-state index in [0.717, 1.165) is 17.8 Å². The smallest absolute Gasteiger partial charge is 0.170 e. The first-order valence-corrected chi connectivity index (χ1v) is 6.21. The normalized spacial score (nSPS) is 12.9. The summed E-state index contributed by atoms with van der Waals surface area (Å²) in [6.45, 7) is 6.47. The van der Waals surface area contributed by atoms with E-state index in [0.29, 0.717) is 17.7 Å². The van der Waals surface area contributed by atoms with Gasteiger partial charge in [0.1, 0.15) is 11.3 Å². The Hall–Kier alpha value is -1.84. The highest BCUT2D eigenvalue weighted by Crippen LogP contribution is 2.23. The van der Waals surface area contributed by atoms with E-state index in [-0.39, 0.29) is 0 Å². The van der Waals surface area contributed by atoms with Gasteiger partial charge >= 0.3 is 0 Å². The van der Waals surface area contributed by atoms with Gasteiger partial charge in [0.15, 0.2) is 12.1 Å². The summed E-state index contributed by atoms with van der Waals surface area (Å²) in [5.74, 6) is 1.25. The zero-order chi connectivity index (χ0) is 13.3. The van der Waals surface area contributed by atoms with Crippen LogP contribution in [0.5, 0.6) is 0 Å². The van der Waals surface area contributed by atoms with E-state index >= 15 is 0 Å². The molecule has 1 unspecified atom stereocenters. The first-order chi connectivity index (χ1) is 8.56. The summed E-state index contributed by atoms with van der Waals surface area (Å²) >= 11 is 0. The SMILES string of the molecule is CC(C)C(C)N(C)c1nc2ccccn2c1C=O. The molecule has 0 spiro atoms. The number of fused-ring (bicyclic) bond motifs is 1. The van der Waals surface area contributed by atoms with Crippen LogP contribution in [0, 0.1) is 5.92 Å². The van der Waals surface area contributed by atoms with Gasteiger partial charge in [0.25, 0.3) is 0 Å². The Balaban J connectivity index is 2.53. The molecular formula is C14H19N3O. The molecule has 0 radical (unpaired) electrons. The van der Waals surface area contributed by atoms with Gasteiger partial charge in [-0.2, -0.15) is 0 Å². The summed E-state index contributed by atoms with van der Waals surface area (Å²) in [6, 6.07) is 6.06. The quantitative estimate of drug-likeness (QED) is 0.777. The third kappa shape index (κ3) is 1.98. The second kappa shape index (κ2) is 4.80. The number of pyridine rings is 1. The van der Waals surface area contributed by atoms with Crippen LogP contribution in [0.2, 0.25) is 0 Å². The molecule has 0 aliphatic carbocycles. The second-order valence-electron chi connectivity index (χ2n) is 4.96. The molecule has 0 aliphatic rings. The molecule has 0 saturated heterocycles. The minimum Gasteiger partial charge on any atom is -0.355 e. The molecule has 2 aromatic heterocycles. The van der Waals surface area contributed by atoms with Crippen LogP contribution in [0.1, 0.15) is 31.3 Å². The highest BCUT2D eigenvalue weighted by atomic mass is 16.1. The molecule has 2 aromatic rings. The Labute approximate surface area is 107 Å². The Bertz CT molecular complexity index is 559. The maximum Gasteiger partial charge on any atom is 0.170 e. The molecule has 18 heavy (non-hydrogen) atoms. The Morgan fingerprint density at radius 1 is 1.33 bits per heavy atom. The first-order valence-electron chi connectivity index (χ1n) is 6.21. The number of carbonyl (C=O) groups excluding carboxylic acids is 1. The standard InChI is InChI=1S/C14H19N3O/c1-10(2)11(3)16(4)14-12(9-18)17-8-6-5-7-13(17)15-14/h5-11H,1-4H3. The first kappa shape index (κ1) is 12.6. The third-order valence-corrected chi connectivity index (χ3v) is 3.57. The van der Waals surface area contributed by atoms with Crippen LogP contribution in [-0.4, -0.2) is 28.8 Å². The largest absolute Gasteiger partial charge is 0.355 e. The zero-order valence-corrected chi connectivity index (χ0v) is 11.3. The van der Waals surface area contributed by atoms with Crippen molar-refractivity contribution in [2.45, 2.75) is 26.8 Å². The maximum atomic E-state index is 11.3. The summed E-state index contributed by atoms with van der Waals surface area (Å²) < 4.78 is 1.83. The summed E-state index contributed by atoms with van der Waals surface area (Å²) in [6.07, 6.45) is 2.74. The molecule has 0 fully saturated rings. The van der Waals surface area contributed by atoms with Crippen LogP contribution >= 0.6 is 0 Å². The number of hydrogen-bond donors (Lipinski definition) is 0. The predicted molar refractivity (Wildman–Crippen MR) is 73.3 cm³/mol. The summed E-state index contributed by atoms with van der Waals surface area (Å²) in [7, 11) is 1.99. The number of hydrogen-bond acceptors (Lipinski definition) is 3. The summed E-state index contributed by atoms with van der Waals surface area (Å²) in [4.78, 5) is 17.9. The monoisotopic (exact) mass is 245 g/mol. The molecule has 4 nitrogen and oxygen atoms in total. The van der Waals surface area contributed by atoms with Gasteiger partial charge in [0.2, 0.25) is 0 Å². The van der Waals surface area contributed by atoms with Gasteiger partial charge < -0.3 is 4.90 Å². The van der Waals surface area contributed by atoms with Crippen molar-refractivity contribution < 1.29 is 4.79 Å². The van der Waals surface area contributed by atoms with E-state index in [1.165, 1.54) is 0 Å². The van der Waals surface area contributed by atoms with E-state index in [4.69, 9.17) is 0 Å². The average Bonchev–Trinajstić information content (AvgIpc) is 2.75. The van der Waals surface area contributed by atoms with Gasteiger partial charge in [-0.15, -0.1) is 0 Å². The van der Waals surface area contributed by atoms with Crippen molar-refractivity contribution in [3.8, 4) is 0 Å². The molecule has 0 saturated carbocycles. The number of nitrogens with zero attached hydrogens (tertiary/aromatic N) is 3. The molecule has 0 bridgehead atoms. The summed E-state index contributed by atoms with van der Waals surface area (Å²) in [5.41, 5.74) is 1.41. The second-order valence-corrected chi connectivity index (χ2v) is 4.96. The topological polar surface area (TPSA) is 37.6 Å². The molecule has 4 heteroatoms. The predicted octanol–water partition coefficient (Wildman–Crippen LogP) is 2.63. The lowest BCUT2D eigenvalue weighted by Crippen LogP contribution is -2.34. The van der Waals surface area contributed by atoms with Crippen molar-refractivity contribution in [1.82, 2.24) is 9.38 Å². The van der Waals surface area contributed by atoms with Crippen molar-refractivity contribution in [1.29, 1.82) is 0 Å². The van der Waals surface area contributed by atoms with Crippen LogP contribution in [0.3, 0.4) is 0 Å². The Morgan fingerprint density at radius 2 is 2.06 bits per heavy atom. The number of rotatable bonds is 4. The van der Waals surface area contributed by atoms with Crippen molar-refractivity contribution >= 4 is 17.8 Å². The molecule has 0 aromatic carbocycles. The lowest BCUT2D eigenvalue weighted by molar-refractivity contribution is 0.111. The molecule has 1 atom stereocenters. The fraction of sp³-hybridized carbons (Fsp3) is 0.429. The van der Waals surface area contributed by atoms with E-state index in [1.54, 1.807) is 0 Å². The van der Waals surface area contributed by atoms with Crippen molar-refractivity contribution in [3.05, 3.63) is 30.1 Å². The van der Waals surface area contributed by atoms with E-state index < -0.39 is 0 Å². The Kier molecular flexibility index (Phi) is 3.36. The van der Waals surface area contributed by atoms with E-state index in [2.05, 4.69) is 30.7 Å². The molecule has 96 valence electrons. The van der Waals surface area contributed by atoms with Gasteiger partial charge in [-0.1, -0.05) is 19.9 Å². The minimum absolute atomic E-state index is 0.327. The van der Waals surface area contributed by atoms with E-state index in [1.807, 2.05) is 35.8 Å². The van der Waals surface area contributed by atoms with Crippen LogP contribution in [0.4, 0.5) is 5.82 Å². The number of aromatic nitrogens is 2. The molecule has 0 amide bonds. The van der Waals surface area contributed by atoms with Gasteiger partial charge in [-0.3, -0.25) is 9.20 Å². The van der Waals surface area contributed by atoms with Gasteiger partial charge in [0.05, 0.1) is 0 Å². The van der Waals surface area contributed by atoms with Crippen LogP contribution in [0.25, 0.3) is 5.65 Å². The minimum atomic E-state index is 0.327. The van der Waals surface area contributed by atoms with Crippen LogP contribution < -0.4 is 4.90 Å². The molecule has 2 heterocycles. The molecule has 2 rings (SSSR count). The lowest BCUT2D eigenvalue weighted by Gasteiger charge is -2.28. The lowest BCUT2D eigenvalue weighted by atomic mass is 10.1. The third-order valence-electron chi connectivity index (χ3n) is 3.57. The Morgan fingerprint density at radius 3 is 2.67 bits per heavy atom. The highest BCUT2D eigenvalue weighted by molar-refractivity contribution is 5.83. The van der Waals surface area contributed by atoms with Crippen LogP contribution in [0.15, 0.2) is 24.4 Å². The molecule has 0 aliphatic heterocycles. The van der Waals surface area contributed by atoms with Crippen molar-refractivity contribution in [2.75, 3.05) is 11.9 Å². The number of aldehydes is 1. The van der Waals surface area contributed by atoms with Crippen molar-refractivity contribution in [2.24, 2.45) is 5.92 Å². The van der Waals surface area contributed by atoms with Gasteiger partial charge in [-0.05, 0) is 25.0 Å². The maximum absolute atomic E-state index is 11.3. The van der Waals surface area contributed by atoms with Crippen LogP contribution in [-0.2, 0) is 0 Å². The fourth-order valence-corrected chi connectivity index (χ4v) is 2.01. The molecular weight excluding hydrogens is 226 g/mol. The fourth-order valence-electron chi connectivity index (χ4n) is 2.01. The van der Waals surface area contributed by atoms with Crippen molar-refractivity contribution in [3.63, 3.8) is 0 Å². The molecule has 0 N–H and O–H groups in total. The zero-order valence-electron chi connectivity index (χ0n) is 11.3. The van der Waals surface area contributed by atoms with Gasteiger partial charge in [-0.25, -0.2) is 4.98 Å². The summed E-state index contributed by atoms with van der Waals surface area (Å²) in [5, 5.41) is 0. The van der Waals surface area contributed by atoms with Gasteiger partial charge in [0, 0.05) is 19.3 Å². The average molecular weight is 245 g/mol. The highest BCUT2D eigenvalue weighted by Gasteiger charge is 2.20.